The lowest BCUT2D eigenvalue weighted by molar-refractivity contribution is -0.217. The quantitative estimate of drug-likeness (QED) is 0.793. The van der Waals surface area contributed by atoms with Crippen LogP contribution in [0.1, 0.15) is 33.6 Å². The predicted octanol–water partition coefficient (Wildman–Crippen LogP) is 1.58. The molecule has 0 radical (unpaired) electrons. The SMILES string of the molecule is CC(C)(C)OC(=O)N1CCOC2(C1)CC(F)(C(=O)O)C2. The Kier molecular flexibility index (Phi) is 3.44. The summed E-state index contributed by atoms with van der Waals surface area (Å²) in [5.74, 6) is -1.47. The molecule has 1 saturated carbocycles. The highest BCUT2D eigenvalue weighted by molar-refractivity contribution is 5.79. The van der Waals surface area contributed by atoms with Crippen molar-refractivity contribution in [1.82, 2.24) is 4.90 Å². The van der Waals surface area contributed by atoms with E-state index < -0.39 is 28.9 Å². The number of carboxylic acids is 1. The van der Waals surface area contributed by atoms with Gasteiger partial charge in [0.1, 0.15) is 5.60 Å². The van der Waals surface area contributed by atoms with E-state index in [4.69, 9.17) is 14.6 Å². The van der Waals surface area contributed by atoms with Crippen LogP contribution in [0, 0.1) is 0 Å². The van der Waals surface area contributed by atoms with Gasteiger partial charge in [0.25, 0.3) is 0 Å². The second-order valence-electron chi connectivity index (χ2n) is 6.56. The van der Waals surface area contributed by atoms with Crippen LogP contribution in [0.2, 0.25) is 0 Å². The first kappa shape index (κ1) is 15.0. The van der Waals surface area contributed by atoms with Gasteiger partial charge in [0.05, 0.1) is 18.8 Å². The number of hydrogen-bond acceptors (Lipinski definition) is 4. The Balaban J connectivity index is 1.97. The summed E-state index contributed by atoms with van der Waals surface area (Å²) in [5.41, 5.74) is -3.73. The molecule has 0 aromatic heterocycles. The normalized spacial score (nSPS) is 33.7. The first-order valence-electron chi connectivity index (χ1n) is 6.60. The van der Waals surface area contributed by atoms with Gasteiger partial charge in [0.15, 0.2) is 0 Å². The van der Waals surface area contributed by atoms with Crippen LogP contribution in [0.25, 0.3) is 0 Å². The Hall–Kier alpha value is -1.37. The summed E-state index contributed by atoms with van der Waals surface area (Å²) in [5, 5.41) is 8.80. The van der Waals surface area contributed by atoms with E-state index in [2.05, 4.69) is 0 Å². The molecule has 2 fully saturated rings. The predicted molar refractivity (Wildman–Crippen MR) is 67.2 cm³/mol. The van der Waals surface area contributed by atoms with Crippen LogP contribution < -0.4 is 0 Å². The van der Waals surface area contributed by atoms with E-state index in [1.807, 2.05) is 0 Å². The molecule has 2 rings (SSSR count). The van der Waals surface area contributed by atoms with Crippen molar-refractivity contribution in [3.05, 3.63) is 0 Å². The maximum atomic E-state index is 13.8. The molecule has 20 heavy (non-hydrogen) atoms. The summed E-state index contributed by atoms with van der Waals surface area (Å²) in [6.07, 6.45) is -0.935. The number of carboxylic acid groups (broad SMARTS) is 1. The Labute approximate surface area is 116 Å². The van der Waals surface area contributed by atoms with Crippen LogP contribution in [0.5, 0.6) is 0 Å². The van der Waals surface area contributed by atoms with Crippen molar-refractivity contribution < 1.29 is 28.6 Å². The highest BCUT2D eigenvalue weighted by Gasteiger charge is 2.63. The fraction of sp³-hybridized carbons (Fsp3) is 0.846. The van der Waals surface area contributed by atoms with Crippen molar-refractivity contribution in [2.45, 2.75) is 50.5 Å². The number of rotatable bonds is 1. The number of halogens is 1. The standard InChI is InChI=1S/C13H20FNO5/c1-11(2,3)20-10(18)15-4-5-19-12(8-15)6-13(14,7-12)9(16)17/h4-8H2,1-3H3,(H,16,17). The van der Waals surface area contributed by atoms with Crippen molar-refractivity contribution in [3.63, 3.8) is 0 Å². The third-order valence-corrected chi connectivity index (χ3v) is 3.49. The van der Waals surface area contributed by atoms with E-state index in [-0.39, 0.29) is 26.0 Å². The van der Waals surface area contributed by atoms with Gasteiger partial charge >= 0.3 is 12.1 Å². The van der Waals surface area contributed by atoms with Crippen LogP contribution in [0.3, 0.4) is 0 Å². The molecule has 2 aliphatic rings. The molecule has 0 atom stereocenters. The minimum absolute atomic E-state index is 0.168. The summed E-state index contributed by atoms with van der Waals surface area (Å²) < 4.78 is 24.6. The Morgan fingerprint density at radius 3 is 2.45 bits per heavy atom. The molecule has 7 heteroatoms. The number of carbonyl (C=O) groups is 2. The molecule has 0 bridgehead atoms. The molecule has 1 N–H and O–H groups in total. The van der Waals surface area contributed by atoms with Gasteiger partial charge in [0.2, 0.25) is 5.67 Å². The summed E-state index contributed by atoms with van der Waals surface area (Å²) in [6, 6.07) is 0. The molecular formula is C13H20FNO5. The summed E-state index contributed by atoms with van der Waals surface area (Å²) in [7, 11) is 0. The van der Waals surface area contributed by atoms with Gasteiger partial charge in [-0.3, -0.25) is 0 Å². The number of nitrogens with zero attached hydrogens (tertiary/aromatic N) is 1. The zero-order valence-electron chi connectivity index (χ0n) is 11.9. The molecule has 1 aliphatic heterocycles. The van der Waals surface area contributed by atoms with Gasteiger partial charge in [-0.1, -0.05) is 0 Å². The summed E-state index contributed by atoms with van der Waals surface area (Å²) >= 11 is 0. The Bertz CT molecular complexity index is 425. The first-order chi connectivity index (χ1) is 9.05. The molecule has 1 spiro atoms. The minimum atomic E-state index is -2.24. The van der Waals surface area contributed by atoms with E-state index in [0.29, 0.717) is 6.54 Å². The van der Waals surface area contributed by atoms with E-state index in [1.165, 1.54) is 4.90 Å². The van der Waals surface area contributed by atoms with Gasteiger partial charge in [-0.2, -0.15) is 0 Å². The van der Waals surface area contributed by atoms with Crippen LogP contribution in [-0.4, -0.2) is 58.6 Å². The van der Waals surface area contributed by atoms with Crippen molar-refractivity contribution in [2.24, 2.45) is 0 Å². The average molecular weight is 289 g/mol. The lowest BCUT2D eigenvalue weighted by Crippen LogP contribution is -2.67. The second kappa shape index (κ2) is 4.58. The molecule has 1 amide bonds. The zero-order chi connectivity index (χ0) is 15.2. The van der Waals surface area contributed by atoms with Gasteiger partial charge in [-0.25, -0.2) is 14.0 Å². The van der Waals surface area contributed by atoms with E-state index >= 15 is 0 Å². The molecule has 1 saturated heterocycles. The number of amides is 1. The van der Waals surface area contributed by atoms with Crippen LogP contribution in [0.15, 0.2) is 0 Å². The molecule has 0 aromatic carbocycles. The molecule has 1 aliphatic carbocycles. The molecule has 0 aromatic rings. The van der Waals surface area contributed by atoms with Crippen LogP contribution in [-0.2, 0) is 14.3 Å². The summed E-state index contributed by atoms with van der Waals surface area (Å²) in [6.45, 7) is 6.09. The van der Waals surface area contributed by atoms with Crippen molar-refractivity contribution in [1.29, 1.82) is 0 Å². The van der Waals surface area contributed by atoms with E-state index in [9.17, 15) is 14.0 Å². The van der Waals surface area contributed by atoms with Crippen LogP contribution in [0.4, 0.5) is 9.18 Å². The van der Waals surface area contributed by atoms with Gasteiger partial charge in [-0.15, -0.1) is 0 Å². The lowest BCUT2D eigenvalue weighted by Gasteiger charge is -2.53. The van der Waals surface area contributed by atoms with Gasteiger partial charge in [0, 0.05) is 19.4 Å². The largest absolute Gasteiger partial charge is 0.479 e. The van der Waals surface area contributed by atoms with Crippen LogP contribution >= 0.6 is 0 Å². The minimum Gasteiger partial charge on any atom is -0.479 e. The number of carbonyl (C=O) groups excluding carboxylic acids is 1. The monoisotopic (exact) mass is 289 g/mol. The molecular weight excluding hydrogens is 269 g/mol. The number of aliphatic carboxylic acids is 1. The number of hydrogen-bond donors (Lipinski definition) is 1. The van der Waals surface area contributed by atoms with Gasteiger partial charge in [-0.05, 0) is 20.8 Å². The fourth-order valence-electron chi connectivity index (χ4n) is 2.66. The summed E-state index contributed by atoms with van der Waals surface area (Å²) in [4.78, 5) is 24.2. The van der Waals surface area contributed by atoms with Crippen molar-refractivity contribution >= 4 is 12.1 Å². The van der Waals surface area contributed by atoms with Crippen molar-refractivity contribution in [3.8, 4) is 0 Å². The maximum Gasteiger partial charge on any atom is 0.410 e. The lowest BCUT2D eigenvalue weighted by atomic mass is 9.67. The molecule has 1 heterocycles. The third-order valence-electron chi connectivity index (χ3n) is 3.49. The highest BCUT2D eigenvalue weighted by Crippen LogP contribution is 2.48. The topological polar surface area (TPSA) is 76.1 Å². The average Bonchev–Trinajstić information content (AvgIpc) is 2.24. The van der Waals surface area contributed by atoms with Crippen molar-refractivity contribution in [2.75, 3.05) is 19.7 Å². The molecule has 0 unspecified atom stereocenters. The zero-order valence-corrected chi connectivity index (χ0v) is 11.9. The smallest absolute Gasteiger partial charge is 0.410 e. The van der Waals surface area contributed by atoms with Gasteiger partial charge < -0.3 is 19.5 Å². The maximum absolute atomic E-state index is 13.8. The second-order valence-corrected chi connectivity index (χ2v) is 6.56. The van der Waals surface area contributed by atoms with E-state index in [1.54, 1.807) is 20.8 Å². The third kappa shape index (κ3) is 2.87. The number of ether oxygens (including phenoxy) is 2. The molecule has 114 valence electrons. The van der Waals surface area contributed by atoms with E-state index in [0.717, 1.165) is 0 Å². The Morgan fingerprint density at radius 2 is 1.95 bits per heavy atom. The molecule has 6 nitrogen and oxygen atoms in total. The highest BCUT2D eigenvalue weighted by atomic mass is 19.1. The first-order valence-corrected chi connectivity index (χ1v) is 6.60. The fourth-order valence-corrected chi connectivity index (χ4v) is 2.66. The Morgan fingerprint density at radius 1 is 1.35 bits per heavy atom. The number of morpholine rings is 1. The number of alkyl halides is 1.